The first-order valence-electron chi connectivity index (χ1n) is 9.97. The highest BCUT2D eigenvalue weighted by molar-refractivity contribution is 7.22. The summed E-state index contributed by atoms with van der Waals surface area (Å²) in [7, 11) is 2.69. The standard InChI is InChI=1S/C22H22Cl2N4O4S/c1-13-10-14(28(8-6-20(29)31-2)9-7-21(30)32-3)4-5-17(13)26-27-22-25-18-11-15(23)16(24)12-19(18)33-22/h4-5,10-12H,6-9H2,1-3H3. The van der Waals surface area contributed by atoms with Crippen LogP contribution in [0.15, 0.2) is 40.6 Å². The first kappa shape index (κ1) is 24.9. The van der Waals surface area contributed by atoms with Crippen molar-refractivity contribution < 1.29 is 19.1 Å². The zero-order valence-corrected chi connectivity index (χ0v) is 20.6. The van der Waals surface area contributed by atoms with E-state index in [2.05, 4.69) is 15.2 Å². The summed E-state index contributed by atoms with van der Waals surface area (Å²) in [6.45, 7) is 2.72. The Morgan fingerprint density at radius 3 is 2.24 bits per heavy atom. The highest BCUT2D eigenvalue weighted by Crippen LogP contribution is 2.35. The minimum absolute atomic E-state index is 0.198. The minimum atomic E-state index is -0.321. The van der Waals surface area contributed by atoms with E-state index >= 15 is 0 Å². The van der Waals surface area contributed by atoms with Crippen LogP contribution in [0.1, 0.15) is 18.4 Å². The number of azo groups is 1. The number of carbonyl (C=O) groups is 2. The zero-order valence-electron chi connectivity index (χ0n) is 18.3. The lowest BCUT2D eigenvalue weighted by molar-refractivity contribution is -0.140. The number of aryl methyl sites for hydroxylation is 1. The number of thiazole rings is 1. The van der Waals surface area contributed by atoms with E-state index in [9.17, 15) is 9.59 Å². The van der Waals surface area contributed by atoms with Crippen molar-refractivity contribution in [3.8, 4) is 0 Å². The molecule has 2 aromatic carbocycles. The van der Waals surface area contributed by atoms with Gasteiger partial charge in [0, 0.05) is 18.8 Å². The maximum atomic E-state index is 11.6. The average molecular weight is 509 g/mol. The SMILES string of the molecule is COC(=O)CCN(CCC(=O)OC)c1ccc(N=Nc2nc3cc(Cl)c(Cl)cc3s2)c(C)c1. The summed E-state index contributed by atoms with van der Waals surface area (Å²) >= 11 is 13.5. The molecule has 11 heteroatoms. The van der Waals surface area contributed by atoms with Crippen molar-refractivity contribution in [2.75, 3.05) is 32.2 Å². The molecule has 0 fully saturated rings. The summed E-state index contributed by atoms with van der Waals surface area (Å²) in [5.74, 6) is -0.641. The van der Waals surface area contributed by atoms with Crippen LogP contribution in [0.4, 0.5) is 16.5 Å². The molecular formula is C22H22Cl2N4O4S. The van der Waals surface area contributed by atoms with Crippen LogP contribution in [0.3, 0.4) is 0 Å². The lowest BCUT2D eigenvalue weighted by Crippen LogP contribution is -2.29. The average Bonchev–Trinajstić information content (AvgIpc) is 3.19. The Labute approximate surface area is 205 Å². The zero-order chi connectivity index (χ0) is 24.0. The second-order valence-electron chi connectivity index (χ2n) is 7.04. The fourth-order valence-corrected chi connectivity index (χ4v) is 4.22. The van der Waals surface area contributed by atoms with E-state index in [4.69, 9.17) is 32.7 Å². The number of aromatic nitrogens is 1. The number of esters is 2. The molecule has 0 N–H and O–H groups in total. The minimum Gasteiger partial charge on any atom is -0.469 e. The Kier molecular flexibility index (Phi) is 8.60. The molecule has 0 atom stereocenters. The summed E-state index contributed by atoms with van der Waals surface area (Å²) in [6.07, 6.45) is 0.396. The number of anilines is 1. The van der Waals surface area contributed by atoms with E-state index in [-0.39, 0.29) is 24.8 Å². The van der Waals surface area contributed by atoms with Crippen molar-refractivity contribution in [3.63, 3.8) is 0 Å². The molecule has 1 heterocycles. The quantitative estimate of drug-likeness (QED) is 0.250. The van der Waals surface area contributed by atoms with Gasteiger partial charge in [0.2, 0.25) is 5.13 Å². The number of methoxy groups -OCH3 is 2. The molecule has 174 valence electrons. The van der Waals surface area contributed by atoms with E-state index in [1.165, 1.54) is 25.6 Å². The number of rotatable bonds is 9. The molecule has 0 bridgehead atoms. The smallest absolute Gasteiger partial charge is 0.307 e. The molecular weight excluding hydrogens is 487 g/mol. The molecule has 0 unspecified atom stereocenters. The van der Waals surface area contributed by atoms with E-state index < -0.39 is 0 Å². The Morgan fingerprint density at radius 1 is 1.00 bits per heavy atom. The third-order valence-electron chi connectivity index (χ3n) is 4.84. The third-order valence-corrected chi connectivity index (χ3v) is 6.46. The van der Waals surface area contributed by atoms with Gasteiger partial charge in [-0.25, -0.2) is 4.98 Å². The fraction of sp³-hybridized carbons (Fsp3) is 0.318. The van der Waals surface area contributed by atoms with Crippen molar-refractivity contribution >= 4 is 73.2 Å². The van der Waals surface area contributed by atoms with Crippen molar-refractivity contribution in [1.29, 1.82) is 0 Å². The number of nitrogens with zero attached hydrogens (tertiary/aromatic N) is 4. The van der Waals surface area contributed by atoms with Crippen LogP contribution in [-0.4, -0.2) is 44.2 Å². The second-order valence-corrected chi connectivity index (χ2v) is 8.86. The molecule has 3 rings (SSSR count). The highest BCUT2D eigenvalue weighted by atomic mass is 35.5. The molecule has 0 aliphatic rings. The third kappa shape index (κ3) is 6.63. The van der Waals surface area contributed by atoms with Crippen LogP contribution in [0.2, 0.25) is 10.0 Å². The fourth-order valence-electron chi connectivity index (χ4n) is 3.03. The first-order valence-corrected chi connectivity index (χ1v) is 11.5. The molecule has 0 radical (unpaired) electrons. The van der Waals surface area contributed by atoms with E-state index in [1.807, 2.05) is 30.0 Å². The van der Waals surface area contributed by atoms with Gasteiger partial charge in [-0.05, 0) is 42.8 Å². The van der Waals surface area contributed by atoms with Crippen LogP contribution < -0.4 is 4.90 Å². The van der Waals surface area contributed by atoms with Crippen LogP contribution in [0.5, 0.6) is 0 Å². The van der Waals surface area contributed by atoms with Gasteiger partial charge in [0.15, 0.2) is 0 Å². The Hall–Kier alpha value is -2.75. The van der Waals surface area contributed by atoms with E-state index in [1.54, 1.807) is 12.1 Å². The van der Waals surface area contributed by atoms with Crippen molar-refractivity contribution in [2.45, 2.75) is 19.8 Å². The molecule has 33 heavy (non-hydrogen) atoms. The largest absolute Gasteiger partial charge is 0.469 e. The summed E-state index contributed by atoms with van der Waals surface area (Å²) in [6, 6.07) is 9.09. The van der Waals surface area contributed by atoms with E-state index in [0.29, 0.717) is 39.5 Å². The summed E-state index contributed by atoms with van der Waals surface area (Å²) in [5, 5.41) is 9.98. The molecule has 0 aliphatic heterocycles. The molecule has 0 saturated heterocycles. The van der Waals surface area contributed by atoms with Crippen molar-refractivity contribution in [3.05, 3.63) is 45.9 Å². The maximum absolute atomic E-state index is 11.6. The number of ether oxygens (including phenoxy) is 2. The monoisotopic (exact) mass is 508 g/mol. The van der Waals surface area contributed by atoms with Crippen LogP contribution in [0, 0.1) is 6.92 Å². The Balaban J connectivity index is 1.78. The van der Waals surface area contributed by atoms with Gasteiger partial charge in [-0.3, -0.25) is 9.59 Å². The topological polar surface area (TPSA) is 93.5 Å². The predicted molar refractivity (Wildman–Crippen MR) is 130 cm³/mol. The van der Waals surface area contributed by atoms with Gasteiger partial charge >= 0.3 is 11.9 Å². The molecule has 0 spiro atoms. The Bertz CT molecular complexity index is 1140. The molecule has 0 amide bonds. The molecule has 8 nitrogen and oxygen atoms in total. The first-order chi connectivity index (χ1) is 15.8. The van der Waals surface area contributed by atoms with E-state index in [0.717, 1.165) is 16.0 Å². The number of hydrogen-bond acceptors (Lipinski definition) is 9. The predicted octanol–water partition coefficient (Wildman–Crippen LogP) is 6.26. The Morgan fingerprint density at radius 2 is 1.64 bits per heavy atom. The molecule has 0 saturated carbocycles. The number of fused-ring (bicyclic) bond motifs is 1. The normalized spacial score (nSPS) is 11.2. The second kappa shape index (κ2) is 11.4. The molecule has 1 aromatic heterocycles. The van der Waals surface area contributed by atoms with Gasteiger partial charge in [-0.15, -0.1) is 10.2 Å². The molecule has 3 aromatic rings. The van der Waals surface area contributed by atoms with Gasteiger partial charge in [-0.2, -0.15) is 0 Å². The van der Waals surface area contributed by atoms with Gasteiger partial charge in [-0.1, -0.05) is 34.5 Å². The van der Waals surface area contributed by atoms with Gasteiger partial charge in [0.1, 0.15) is 0 Å². The highest BCUT2D eigenvalue weighted by Gasteiger charge is 2.14. The maximum Gasteiger partial charge on any atom is 0.307 e. The number of halogens is 2. The van der Waals surface area contributed by atoms with Gasteiger partial charge in [0.05, 0.1) is 53.0 Å². The lowest BCUT2D eigenvalue weighted by Gasteiger charge is -2.24. The van der Waals surface area contributed by atoms with Gasteiger partial charge < -0.3 is 14.4 Å². The molecule has 0 aliphatic carbocycles. The van der Waals surface area contributed by atoms with Gasteiger partial charge in [0.25, 0.3) is 0 Å². The number of hydrogen-bond donors (Lipinski definition) is 0. The van der Waals surface area contributed by atoms with Crippen LogP contribution in [0.25, 0.3) is 10.2 Å². The summed E-state index contributed by atoms with van der Waals surface area (Å²) < 4.78 is 10.3. The van der Waals surface area contributed by atoms with Crippen LogP contribution in [-0.2, 0) is 19.1 Å². The van der Waals surface area contributed by atoms with Crippen LogP contribution >= 0.6 is 34.5 Å². The van der Waals surface area contributed by atoms with Crippen molar-refractivity contribution in [1.82, 2.24) is 4.98 Å². The number of carbonyl (C=O) groups excluding carboxylic acids is 2. The number of benzene rings is 2. The summed E-state index contributed by atoms with van der Waals surface area (Å²) in [5.41, 5.74) is 3.12. The van der Waals surface area contributed by atoms with Crippen molar-refractivity contribution in [2.24, 2.45) is 10.2 Å². The summed E-state index contributed by atoms with van der Waals surface area (Å²) in [4.78, 5) is 29.6. The lowest BCUT2D eigenvalue weighted by atomic mass is 10.1.